The van der Waals surface area contributed by atoms with Crippen LogP contribution in [0.1, 0.15) is 17.3 Å². The number of anilines is 2. The molecule has 2 aromatic rings. The number of rotatable bonds is 5. The van der Waals surface area contributed by atoms with Gasteiger partial charge in [0.05, 0.1) is 12.1 Å². The second kappa shape index (κ2) is 5.43. The van der Waals surface area contributed by atoms with Gasteiger partial charge in [0.1, 0.15) is 0 Å². The molecule has 1 aromatic heterocycles. The van der Waals surface area contributed by atoms with Crippen LogP contribution in [0.3, 0.4) is 0 Å². The molecule has 0 saturated heterocycles. The van der Waals surface area contributed by atoms with Gasteiger partial charge in [-0.15, -0.1) is 0 Å². The quantitative estimate of drug-likeness (QED) is 0.711. The molecule has 0 aliphatic heterocycles. The average Bonchev–Trinajstić information content (AvgIpc) is 2.84. The van der Waals surface area contributed by atoms with Crippen LogP contribution in [0.25, 0.3) is 0 Å². The van der Waals surface area contributed by atoms with Crippen LogP contribution in [0.4, 0.5) is 11.4 Å². The van der Waals surface area contributed by atoms with Crippen LogP contribution >= 0.6 is 0 Å². The fraction of sp³-hybridized carbons (Fsp3) is 0.231. The summed E-state index contributed by atoms with van der Waals surface area (Å²) in [5.41, 5.74) is 6.71. The fourth-order valence-electron chi connectivity index (χ4n) is 1.85. The molecule has 6 heteroatoms. The van der Waals surface area contributed by atoms with E-state index in [1.165, 1.54) is 6.07 Å². The molecular formula is C13H16N4O2. The summed E-state index contributed by atoms with van der Waals surface area (Å²) in [5, 5.41) is 16.4. The van der Waals surface area contributed by atoms with E-state index in [9.17, 15) is 4.79 Å². The highest BCUT2D eigenvalue weighted by Crippen LogP contribution is 2.18. The van der Waals surface area contributed by atoms with E-state index in [1.54, 1.807) is 18.3 Å². The molecule has 1 atom stereocenters. The van der Waals surface area contributed by atoms with Crippen molar-refractivity contribution in [3.63, 3.8) is 0 Å². The molecule has 0 aliphatic rings. The highest BCUT2D eigenvalue weighted by atomic mass is 16.4. The molecule has 0 amide bonds. The highest BCUT2D eigenvalue weighted by Gasteiger charge is 2.10. The number of aromatic nitrogens is 2. The van der Waals surface area contributed by atoms with E-state index in [-0.39, 0.29) is 17.3 Å². The molecule has 19 heavy (non-hydrogen) atoms. The van der Waals surface area contributed by atoms with Crippen LogP contribution in [-0.4, -0.2) is 26.9 Å². The van der Waals surface area contributed by atoms with Gasteiger partial charge in [0.25, 0.3) is 0 Å². The van der Waals surface area contributed by atoms with Crippen LogP contribution in [0.5, 0.6) is 0 Å². The Labute approximate surface area is 110 Å². The molecule has 100 valence electrons. The molecule has 0 fully saturated rings. The number of nitrogen functional groups attached to an aromatic ring is 1. The number of benzene rings is 1. The number of aromatic carboxylic acids is 1. The second-order valence-corrected chi connectivity index (χ2v) is 4.38. The van der Waals surface area contributed by atoms with Crippen LogP contribution in [0.2, 0.25) is 0 Å². The van der Waals surface area contributed by atoms with E-state index in [4.69, 9.17) is 10.8 Å². The standard InChI is InChI=1S/C13H16N4O2/c1-9(8-17-6-2-5-15-17)16-10-3-4-12(14)11(7-10)13(18)19/h2-7,9,16H,8,14H2,1H3,(H,18,19). The van der Waals surface area contributed by atoms with Gasteiger partial charge in [0.15, 0.2) is 0 Å². The first-order valence-electron chi connectivity index (χ1n) is 5.93. The molecule has 4 N–H and O–H groups in total. The van der Waals surface area contributed by atoms with Crippen molar-refractivity contribution in [2.45, 2.75) is 19.5 Å². The topological polar surface area (TPSA) is 93.2 Å². The summed E-state index contributed by atoms with van der Waals surface area (Å²) in [5.74, 6) is -1.03. The summed E-state index contributed by atoms with van der Waals surface area (Å²) in [6.07, 6.45) is 3.60. The van der Waals surface area contributed by atoms with Gasteiger partial charge in [-0.3, -0.25) is 4.68 Å². The Bertz CT molecular complexity index is 566. The first kappa shape index (κ1) is 12.9. The van der Waals surface area contributed by atoms with Crippen molar-refractivity contribution in [3.8, 4) is 0 Å². The fourth-order valence-corrected chi connectivity index (χ4v) is 1.85. The van der Waals surface area contributed by atoms with Gasteiger partial charge in [-0.2, -0.15) is 5.10 Å². The molecule has 0 spiro atoms. The minimum atomic E-state index is -1.03. The SMILES string of the molecule is CC(Cn1cccn1)Nc1ccc(N)c(C(=O)O)c1. The maximum absolute atomic E-state index is 11.0. The van der Waals surface area contributed by atoms with E-state index in [2.05, 4.69) is 10.4 Å². The molecule has 0 bridgehead atoms. The normalized spacial score (nSPS) is 12.1. The molecular weight excluding hydrogens is 244 g/mol. The molecule has 1 aromatic carbocycles. The molecule has 0 radical (unpaired) electrons. The van der Waals surface area contributed by atoms with E-state index in [1.807, 2.05) is 23.9 Å². The Kier molecular flexibility index (Phi) is 3.70. The van der Waals surface area contributed by atoms with Gasteiger partial charge < -0.3 is 16.2 Å². The zero-order valence-electron chi connectivity index (χ0n) is 10.6. The van der Waals surface area contributed by atoms with Gasteiger partial charge in [0, 0.05) is 29.8 Å². The third kappa shape index (κ3) is 3.25. The van der Waals surface area contributed by atoms with Crippen LogP contribution < -0.4 is 11.1 Å². The van der Waals surface area contributed by atoms with Gasteiger partial charge in [0.2, 0.25) is 0 Å². The van der Waals surface area contributed by atoms with E-state index in [0.29, 0.717) is 6.54 Å². The van der Waals surface area contributed by atoms with Gasteiger partial charge in [-0.05, 0) is 31.2 Å². The summed E-state index contributed by atoms with van der Waals surface area (Å²) in [4.78, 5) is 11.0. The van der Waals surface area contributed by atoms with Crippen molar-refractivity contribution in [1.82, 2.24) is 9.78 Å². The Morgan fingerprint density at radius 3 is 3.00 bits per heavy atom. The second-order valence-electron chi connectivity index (χ2n) is 4.38. The van der Waals surface area contributed by atoms with Gasteiger partial charge >= 0.3 is 5.97 Å². The molecule has 6 nitrogen and oxygen atoms in total. The lowest BCUT2D eigenvalue weighted by Gasteiger charge is -2.16. The summed E-state index contributed by atoms with van der Waals surface area (Å²) in [7, 11) is 0. The summed E-state index contributed by atoms with van der Waals surface area (Å²) in [6, 6.07) is 6.87. The minimum absolute atomic E-state index is 0.108. The Hall–Kier alpha value is -2.50. The maximum Gasteiger partial charge on any atom is 0.337 e. The van der Waals surface area contributed by atoms with Crippen molar-refractivity contribution < 1.29 is 9.90 Å². The van der Waals surface area contributed by atoms with Gasteiger partial charge in [-0.25, -0.2) is 4.79 Å². The molecule has 0 saturated carbocycles. The highest BCUT2D eigenvalue weighted by molar-refractivity contribution is 5.94. The van der Waals surface area contributed by atoms with Crippen LogP contribution in [0, 0.1) is 0 Å². The monoisotopic (exact) mass is 260 g/mol. The van der Waals surface area contributed by atoms with Crippen LogP contribution in [-0.2, 0) is 6.54 Å². The van der Waals surface area contributed by atoms with Crippen molar-refractivity contribution in [3.05, 3.63) is 42.2 Å². The molecule has 0 aliphatic carbocycles. The van der Waals surface area contributed by atoms with E-state index >= 15 is 0 Å². The Morgan fingerprint density at radius 1 is 1.58 bits per heavy atom. The summed E-state index contributed by atoms with van der Waals surface area (Å²) >= 11 is 0. The van der Waals surface area contributed by atoms with Crippen molar-refractivity contribution in [1.29, 1.82) is 0 Å². The first-order chi connectivity index (χ1) is 9.06. The molecule has 2 rings (SSSR count). The number of hydrogen-bond donors (Lipinski definition) is 3. The third-order valence-electron chi connectivity index (χ3n) is 2.72. The summed E-state index contributed by atoms with van der Waals surface area (Å²) < 4.78 is 1.81. The van der Waals surface area contributed by atoms with Crippen LogP contribution in [0.15, 0.2) is 36.7 Å². The smallest absolute Gasteiger partial charge is 0.337 e. The van der Waals surface area contributed by atoms with Crippen molar-refractivity contribution >= 4 is 17.3 Å². The number of nitrogens with two attached hydrogens (primary N) is 1. The number of nitrogens with zero attached hydrogens (tertiary/aromatic N) is 2. The summed E-state index contributed by atoms with van der Waals surface area (Å²) in [6.45, 7) is 2.69. The Balaban J connectivity index is 2.06. The Morgan fingerprint density at radius 2 is 2.37 bits per heavy atom. The lowest BCUT2D eigenvalue weighted by atomic mass is 10.1. The van der Waals surface area contributed by atoms with E-state index < -0.39 is 5.97 Å². The number of nitrogens with one attached hydrogen (secondary N) is 1. The van der Waals surface area contributed by atoms with Gasteiger partial charge in [-0.1, -0.05) is 0 Å². The predicted octanol–water partition coefficient (Wildman–Crippen LogP) is 1.66. The minimum Gasteiger partial charge on any atom is -0.478 e. The number of carbonyl (C=O) groups is 1. The van der Waals surface area contributed by atoms with Crippen molar-refractivity contribution in [2.75, 3.05) is 11.1 Å². The van der Waals surface area contributed by atoms with E-state index in [0.717, 1.165) is 5.69 Å². The maximum atomic E-state index is 11.0. The lowest BCUT2D eigenvalue weighted by molar-refractivity contribution is 0.0698. The number of carboxylic acids is 1. The zero-order chi connectivity index (χ0) is 13.8. The third-order valence-corrected chi connectivity index (χ3v) is 2.72. The largest absolute Gasteiger partial charge is 0.478 e. The predicted molar refractivity (Wildman–Crippen MR) is 73.1 cm³/mol. The first-order valence-corrected chi connectivity index (χ1v) is 5.93. The van der Waals surface area contributed by atoms with Crippen molar-refractivity contribution in [2.24, 2.45) is 0 Å². The number of hydrogen-bond acceptors (Lipinski definition) is 4. The zero-order valence-corrected chi connectivity index (χ0v) is 10.6. The molecule has 1 unspecified atom stereocenters. The average molecular weight is 260 g/mol. The number of carboxylic acid groups (broad SMARTS) is 1. The lowest BCUT2D eigenvalue weighted by Crippen LogP contribution is -2.22. The molecule has 1 heterocycles.